The van der Waals surface area contributed by atoms with Crippen LogP contribution >= 0.6 is 11.8 Å². The summed E-state index contributed by atoms with van der Waals surface area (Å²) in [6.07, 6.45) is 0. The van der Waals surface area contributed by atoms with Gasteiger partial charge >= 0.3 is 0 Å². The predicted octanol–water partition coefficient (Wildman–Crippen LogP) is 3.58. The molecule has 1 saturated heterocycles. The van der Waals surface area contributed by atoms with Gasteiger partial charge < -0.3 is 25.0 Å². The highest BCUT2D eigenvalue weighted by molar-refractivity contribution is 7.99. The molecule has 9 nitrogen and oxygen atoms in total. The molecule has 0 saturated carbocycles. The van der Waals surface area contributed by atoms with E-state index in [0.29, 0.717) is 55.7 Å². The molecular weight excluding hydrogens is 440 g/mol. The van der Waals surface area contributed by atoms with Gasteiger partial charge in [-0.05, 0) is 43.3 Å². The van der Waals surface area contributed by atoms with Gasteiger partial charge in [-0.2, -0.15) is 15.0 Å². The number of hydrogen-bond donors (Lipinski definition) is 2. The highest BCUT2D eigenvalue weighted by atomic mass is 32.2. The Morgan fingerprint density at radius 1 is 1.03 bits per heavy atom. The number of benzene rings is 2. The molecule has 4 rings (SSSR count). The molecular formula is C23H26N6O3S. The van der Waals surface area contributed by atoms with Crippen LogP contribution in [-0.2, 0) is 9.53 Å². The van der Waals surface area contributed by atoms with Crippen molar-refractivity contribution in [3.8, 4) is 5.75 Å². The fourth-order valence-electron chi connectivity index (χ4n) is 3.15. The summed E-state index contributed by atoms with van der Waals surface area (Å²) in [7, 11) is 0. The van der Waals surface area contributed by atoms with Crippen LogP contribution in [0.25, 0.3) is 0 Å². The van der Waals surface area contributed by atoms with E-state index in [1.54, 1.807) is 0 Å². The van der Waals surface area contributed by atoms with Crippen molar-refractivity contribution in [3.63, 3.8) is 0 Å². The largest absolute Gasteiger partial charge is 0.494 e. The predicted molar refractivity (Wildman–Crippen MR) is 130 cm³/mol. The van der Waals surface area contributed by atoms with E-state index in [-0.39, 0.29) is 11.7 Å². The zero-order chi connectivity index (χ0) is 22.9. The first-order chi connectivity index (χ1) is 16.2. The number of para-hydroxylation sites is 1. The van der Waals surface area contributed by atoms with Crippen LogP contribution in [0.4, 0.5) is 23.3 Å². The van der Waals surface area contributed by atoms with Crippen molar-refractivity contribution >= 4 is 40.9 Å². The minimum absolute atomic E-state index is 0.143. The normalized spacial score (nSPS) is 13.4. The second kappa shape index (κ2) is 11.5. The molecule has 2 aromatic carbocycles. The Hall–Kier alpha value is -3.37. The summed E-state index contributed by atoms with van der Waals surface area (Å²) in [5, 5.41) is 6.58. The van der Waals surface area contributed by atoms with Gasteiger partial charge in [-0.1, -0.05) is 30.0 Å². The van der Waals surface area contributed by atoms with Crippen LogP contribution in [0.15, 0.2) is 59.8 Å². The lowest BCUT2D eigenvalue weighted by Gasteiger charge is -2.27. The second-order valence-corrected chi connectivity index (χ2v) is 8.07. The Morgan fingerprint density at radius 3 is 2.52 bits per heavy atom. The lowest BCUT2D eigenvalue weighted by Crippen LogP contribution is -2.37. The van der Waals surface area contributed by atoms with E-state index < -0.39 is 0 Å². The summed E-state index contributed by atoms with van der Waals surface area (Å²) in [6, 6.07) is 17.0. The maximum absolute atomic E-state index is 12.5. The number of thioether (sulfide) groups is 1. The fraction of sp³-hybridized carbons (Fsp3) is 0.304. The number of anilines is 4. The van der Waals surface area contributed by atoms with Gasteiger partial charge in [0.15, 0.2) is 5.16 Å². The quantitative estimate of drug-likeness (QED) is 0.458. The molecule has 0 unspecified atom stereocenters. The van der Waals surface area contributed by atoms with E-state index in [2.05, 4.69) is 30.5 Å². The van der Waals surface area contributed by atoms with Gasteiger partial charge in [-0.25, -0.2) is 0 Å². The van der Waals surface area contributed by atoms with Gasteiger partial charge in [0.1, 0.15) is 5.75 Å². The van der Waals surface area contributed by atoms with Crippen LogP contribution < -0.4 is 20.3 Å². The van der Waals surface area contributed by atoms with Crippen molar-refractivity contribution in [2.45, 2.75) is 12.1 Å². The summed E-state index contributed by atoms with van der Waals surface area (Å²) >= 11 is 1.27. The standard InChI is InChI=1S/C23H26N6O3S/c1-2-32-19-10-8-18(9-11-19)24-20(30)16-33-23-27-21(25-17-6-4-3-5-7-17)26-22(28-23)29-12-14-31-15-13-29/h3-11H,2,12-16H2,1H3,(H,24,30)(H,25,26,27,28). The lowest BCUT2D eigenvalue weighted by molar-refractivity contribution is -0.113. The van der Waals surface area contributed by atoms with Crippen LogP contribution in [0, 0.1) is 0 Å². The SMILES string of the molecule is CCOc1ccc(NC(=O)CSc2nc(Nc3ccccc3)nc(N3CCOCC3)n2)cc1. The molecule has 1 aliphatic heterocycles. The summed E-state index contributed by atoms with van der Waals surface area (Å²) in [5.74, 6) is 1.80. The average molecular weight is 467 g/mol. The molecule has 1 aliphatic rings. The van der Waals surface area contributed by atoms with Crippen LogP contribution in [0.3, 0.4) is 0 Å². The van der Waals surface area contributed by atoms with Gasteiger partial charge in [0.2, 0.25) is 17.8 Å². The number of morpholine rings is 1. The number of ether oxygens (including phenoxy) is 2. The third-order valence-corrected chi connectivity index (χ3v) is 5.56. The zero-order valence-electron chi connectivity index (χ0n) is 18.4. The van der Waals surface area contributed by atoms with Crippen LogP contribution in [0.2, 0.25) is 0 Å². The number of nitrogens with zero attached hydrogens (tertiary/aromatic N) is 4. The minimum atomic E-state index is -0.143. The van der Waals surface area contributed by atoms with Gasteiger partial charge in [-0.15, -0.1) is 0 Å². The van der Waals surface area contributed by atoms with Crippen molar-refractivity contribution in [1.82, 2.24) is 15.0 Å². The van der Waals surface area contributed by atoms with Crippen LogP contribution in [0.5, 0.6) is 5.75 Å². The first-order valence-corrected chi connectivity index (χ1v) is 11.7. The third-order valence-electron chi connectivity index (χ3n) is 4.71. The molecule has 0 radical (unpaired) electrons. The maximum atomic E-state index is 12.5. The Bertz CT molecular complexity index is 1050. The molecule has 0 aliphatic carbocycles. The molecule has 0 spiro atoms. The van der Waals surface area contributed by atoms with E-state index in [9.17, 15) is 4.79 Å². The van der Waals surface area contributed by atoms with Crippen molar-refractivity contribution < 1.29 is 14.3 Å². The Balaban J connectivity index is 1.43. The number of amides is 1. The first kappa shape index (κ1) is 22.8. The molecule has 172 valence electrons. The molecule has 2 N–H and O–H groups in total. The second-order valence-electron chi connectivity index (χ2n) is 7.13. The van der Waals surface area contributed by atoms with Gasteiger partial charge in [0.25, 0.3) is 0 Å². The average Bonchev–Trinajstić information content (AvgIpc) is 2.85. The highest BCUT2D eigenvalue weighted by Gasteiger charge is 2.17. The molecule has 1 amide bonds. The van der Waals surface area contributed by atoms with Crippen molar-refractivity contribution in [1.29, 1.82) is 0 Å². The summed E-state index contributed by atoms with van der Waals surface area (Å²) in [6.45, 7) is 5.19. The van der Waals surface area contributed by atoms with Gasteiger partial charge in [0.05, 0.1) is 25.6 Å². The number of carbonyl (C=O) groups excluding carboxylic acids is 1. The third kappa shape index (κ3) is 6.80. The van der Waals surface area contributed by atoms with Crippen LogP contribution in [-0.4, -0.2) is 59.5 Å². The Morgan fingerprint density at radius 2 is 1.79 bits per heavy atom. The van der Waals surface area contributed by atoms with Gasteiger partial charge in [-0.3, -0.25) is 4.79 Å². The zero-order valence-corrected chi connectivity index (χ0v) is 19.2. The van der Waals surface area contributed by atoms with Crippen molar-refractivity contribution in [2.24, 2.45) is 0 Å². The van der Waals surface area contributed by atoms with E-state index >= 15 is 0 Å². The van der Waals surface area contributed by atoms with E-state index in [0.717, 1.165) is 11.4 Å². The molecule has 1 fully saturated rings. The lowest BCUT2D eigenvalue weighted by atomic mass is 10.3. The molecule has 0 atom stereocenters. The first-order valence-electron chi connectivity index (χ1n) is 10.8. The molecule has 0 bridgehead atoms. The molecule has 2 heterocycles. The molecule has 3 aromatic rings. The highest BCUT2D eigenvalue weighted by Crippen LogP contribution is 2.22. The number of hydrogen-bond acceptors (Lipinski definition) is 9. The molecule has 10 heteroatoms. The topological polar surface area (TPSA) is 102 Å². The number of aromatic nitrogens is 3. The van der Waals surface area contributed by atoms with E-state index in [1.807, 2.05) is 61.5 Å². The molecule has 33 heavy (non-hydrogen) atoms. The monoisotopic (exact) mass is 466 g/mol. The minimum Gasteiger partial charge on any atom is -0.494 e. The number of nitrogens with one attached hydrogen (secondary N) is 2. The summed E-state index contributed by atoms with van der Waals surface area (Å²) in [5.41, 5.74) is 1.58. The smallest absolute Gasteiger partial charge is 0.234 e. The molecule has 1 aromatic heterocycles. The Kier molecular flexibility index (Phi) is 7.94. The van der Waals surface area contributed by atoms with Crippen molar-refractivity contribution in [3.05, 3.63) is 54.6 Å². The summed E-state index contributed by atoms with van der Waals surface area (Å²) in [4.78, 5) is 28.2. The van der Waals surface area contributed by atoms with E-state index in [4.69, 9.17) is 9.47 Å². The van der Waals surface area contributed by atoms with Crippen molar-refractivity contribution in [2.75, 3.05) is 54.2 Å². The number of rotatable bonds is 9. The number of carbonyl (C=O) groups is 1. The summed E-state index contributed by atoms with van der Waals surface area (Å²) < 4.78 is 10.9. The van der Waals surface area contributed by atoms with Crippen LogP contribution in [0.1, 0.15) is 6.92 Å². The van der Waals surface area contributed by atoms with E-state index in [1.165, 1.54) is 11.8 Å². The fourth-order valence-corrected chi connectivity index (χ4v) is 3.78. The maximum Gasteiger partial charge on any atom is 0.234 e. The van der Waals surface area contributed by atoms with Gasteiger partial charge in [0, 0.05) is 24.5 Å². The Labute approximate surface area is 196 Å².